The maximum Gasteiger partial charge on any atom is 0.282 e. The van der Waals surface area contributed by atoms with Crippen molar-refractivity contribution in [3.8, 4) is 0 Å². The Kier molecular flexibility index (Phi) is 6.34. The molecule has 31 heavy (non-hydrogen) atoms. The van der Waals surface area contributed by atoms with Crippen molar-refractivity contribution >= 4 is 27.5 Å². The van der Waals surface area contributed by atoms with Crippen molar-refractivity contribution in [3.63, 3.8) is 0 Å². The molecule has 2 atom stereocenters. The fourth-order valence-corrected chi connectivity index (χ4v) is 6.07. The highest BCUT2D eigenvalue weighted by atomic mass is 32.2. The Bertz CT molecular complexity index is 931. The first-order valence-corrected chi connectivity index (χ1v) is 12.3. The van der Waals surface area contributed by atoms with Gasteiger partial charge in [-0.15, -0.1) is 0 Å². The third-order valence-electron chi connectivity index (χ3n) is 5.95. The van der Waals surface area contributed by atoms with Gasteiger partial charge in [0.25, 0.3) is 16.1 Å². The largest absolute Gasteiger partial charge is 0.373 e. The van der Waals surface area contributed by atoms with Gasteiger partial charge in [-0.05, 0) is 45.0 Å². The summed E-state index contributed by atoms with van der Waals surface area (Å²) in [6, 6.07) is 7.47. The van der Waals surface area contributed by atoms with Crippen molar-refractivity contribution in [2.24, 2.45) is 5.10 Å². The number of amides is 1. The number of benzene rings is 1. The number of hydrazone groups is 1. The summed E-state index contributed by atoms with van der Waals surface area (Å²) in [5.74, 6) is -0.0710. The summed E-state index contributed by atoms with van der Waals surface area (Å²) in [6.07, 6.45) is 0.704. The summed E-state index contributed by atoms with van der Waals surface area (Å²) in [7, 11) is -3.55. The SMILES string of the molecule is CC1=NN(c2ccc(C(=O)N3CCN(S(=O)(=O)N4C[C@@H](C)O[C@@H](C)C4)CC3)cc2)CC1. The Morgan fingerprint density at radius 1 is 0.968 bits per heavy atom. The van der Waals surface area contributed by atoms with Crippen LogP contribution in [-0.2, 0) is 14.9 Å². The highest BCUT2D eigenvalue weighted by Crippen LogP contribution is 2.22. The molecule has 2 saturated heterocycles. The van der Waals surface area contributed by atoms with E-state index in [2.05, 4.69) is 5.10 Å². The lowest BCUT2D eigenvalue weighted by Gasteiger charge is -2.40. The topological polar surface area (TPSA) is 85.8 Å². The Labute approximate surface area is 184 Å². The summed E-state index contributed by atoms with van der Waals surface area (Å²) in [4.78, 5) is 14.6. The number of hydrogen-bond donors (Lipinski definition) is 0. The molecule has 1 aromatic rings. The number of morpholine rings is 1. The molecule has 0 unspecified atom stereocenters. The van der Waals surface area contributed by atoms with E-state index in [9.17, 15) is 13.2 Å². The highest BCUT2D eigenvalue weighted by molar-refractivity contribution is 7.86. The molecule has 9 nitrogen and oxygen atoms in total. The number of carbonyl (C=O) groups is 1. The van der Waals surface area contributed by atoms with Gasteiger partial charge in [-0.1, -0.05) is 0 Å². The van der Waals surface area contributed by atoms with Crippen molar-refractivity contribution in [1.82, 2.24) is 13.5 Å². The second-order valence-corrected chi connectivity index (χ2v) is 10.5. The standard InChI is InChI=1S/C21H31N5O4S/c1-16-8-9-26(22-16)20-6-4-19(5-7-20)21(27)23-10-12-24(13-11-23)31(28,29)25-14-17(2)30-18(3)15-25/h4-7,17-18H,8-15H2,1-3H3/t17-,18+. The van der Waals surface area contributed by atoms with Gasteiger partial charge >= 0.3 is 0 Å². The molecule has 0 bridgehead atoms. The molecule has 0 aromatic heterocycles. The molecule has 0 N–H and O–H groups in total. The van der Waals surface area contributed by atoms with E-state index < -0.39 is 10.2 Å². The third kappa shape index (κ3) is 4.77. The number of anilines is 1. The fourth-order valence-electron chi connectivity index (χ4n) is 4.32. The smallest absolute Gasteiger partial charge is 0.282 e. The Balaban J connectivity index is 1.35. The van der Waals surface area contributed by atoms with Gasteiger partial charge in [0.15, 0.2) is 0 Å². The number of ether oxygens (including phenoxy) is 1. The Morgan fingerprint density at radius 3 is 2.13 bits per heavy atom. The van der Waals surface area contributed by atoms with E-state index in [1.165, 1.54) is 8.61 Å². The zero-order valence-electron chi connectivity index (χ0n) is 18.4. The predicted octanol–water partition coefficient (Wildman–Crippen LogP) is 1.38. The normalized spacial score (nSPS) is 26.2. The van der Waals surface area contributed by atoms with Gasteiger partial charge in [0.05, 0.1) is 17.9 Å². The zero-order chi connectivity index (χ0) is 22.2. The van der Waals surface area contributed by atoms with Gasteiger partial charge in [0.1, 0.15) is 0 Å². The van der Waals surface area contributed by atoms with Gasteiger partial charge in [0.2, 0.25) is 0 Å². The molecule has 2 fully saturated rings. The molecular weight excluding hydrogens is 418 g/mol. The van der Waals surface area contributed by atoms with Crippen LogP contribution in [-0.4, -0.2) is 91.6 Å². The summed E-state index contributed by atoms with van der Waals surface area (Å²) in [5.41, 5.74) is 2.68. The van der Waals surface area contributed by atoms with E-state index in [-0.39, 0.29) is 18.1 Å². The van der Waals surface area contributed by atoms with Crippen molar-refractivity contribution in [1.29, 1.82) is 0 Å². The van der Waals surface area contributed by atoms with Crippen molar-refractivity contribution in [2.75, 3.05) is 50.8 Å². The molecule has 10 heteroatoms. The average Bonchev–Trinajstić information content (AvgIpc) is 3.19. The molecule has 0 aliphatic carbocycles. The molecule has 0 radical (unpaired) electrons. The summed E-state index contributed by atoms with van der Waals surface area (Å²) in [6.45, 7) is 8.72. The number of rotatable bonds is 4. The van der Waals surface area contributed by atoms with Gasteiger partial charge in [-0.25, -0.2) is 0 Å². The maximum absolute atomic E-state index is 13.0. The third-order valence-corrected chi connectivity index (χ3v) is 7.92. The lowest BCUT2D eigenvalue weighted by atomic mass is 10.1. The molecule has 1 aromatic carbocycles. The minimum absolute atomic E-state index is 0.0710. The van der Waals surface area contributed by atoms with E-state index in [0.29, 0.717) is 44.8 Å². The van der Waals surface area contributed by atoms with E-state index >= 15 is 0 Å². The molecule has 4 rings (SSSR count). The van der Waals surface area contributed by atoms with E-state index in [4.69, 9.17) is 4.74 Å². The van der Waals surface area contributed by atoms with Gasteiger partial charge in [-0.3, -0.25) is 9.80 Å². The molecule has 3 aliphatic heterocycles. The first kappa shape index (κ1) is 22.2. The van der Waals surface area contributed by atoms with Crippen LogP contribution in [0, 0.1) is 0 Å². The van der Waals surface area contributed by atoms with Crippen molar-refractivity contribution < 1.29 is 17.9 Å². The van der Waals surface area contributed by atoms with Gasteiger partial charge in [0, 0.05) is 63.5 Å². The lowest BCUT2D eigenvalue weighted by Crippen LogP contribution is -2.57. The molecule has 0 spiro atoms. The first-order valence-electron chi connectivity index (χ1n) is 10.9. The number of nitrogens with zero attached hydrogens (tertiary/aromatic N) is 5. The number of carbonyl (C=O) groups excluding carboxylic acids is 1. The van der Waals surface area contributed by atoms with Crippen LogP contribution >= 0.6 is 0 Å². The zero-order valence-corrected chi connectivity index (χ0v) is 19.2. The van der Waals surface area contributed by atoms with Crippen LogP contribution in [0.5, 0.6) is 0 Å². The second kappa shape index (κ2) is 8.85. The minimum atomic E-state index is -3.55. The van der Waals surface area contributed by atoms with Gasteiger partial charge in [-0.2, -0.15) is 22.1 Å². The lowest BCUT2D eigenvalue weighted by molar-refractivity contribution is -0.0457. The van der Waals surface area contributed by atoms with Crippen LogP contribution in [0.1, 0.15) is 37.6 Å². The van der Waals surface area contributed by atoms with Crippen LogP contribution in [0.25, 0.3) is 0 Å². The molecule has 0 saturated carbocycles. The Morgan fingerprint density at radius 2 is 1.58 bits per heavy atom. The maximum atomic E-state index is 13.0. The molecule has 170 valence electrons. The predicted molar refractivity (Wildman–Crippen MR) is 119 cm³/mol. The van der Waals surface area contributed by atoms with Crippen molar-refractivity contribution in [3.05, 3.63) is 29.8 Å². The molecule has 1 amide bonds. The van der Waals surface area contributed by atoms with E-state index in [0.717, 1.165) is 24.4 Å². The summed E-state index contributed by atoms with van der Waals surface area (Å²) < 4.78 is 34.7. The monoisotopic (exact) mass is 449 g/mol. The summed E-state index contributed by atoms with van der Waals surface area (Å²) >= 11 is 0. The quantitative estimate of drug-likeness (QED) is 0.693. The molecule has 3 aliphatic rings. The van der Waals surface area contributed by atoms with E-state index in [1.807, 2.05) is 50.0 Å². The second-order valence-electron chi connectivity index (χ2n) is 8.53. The number of hydrogen-bond acceptors (Lipinski definition) is 6. The fraction of sp³-hybridized carbons (Fsp3) is 0.619. The van der Waals surface area contributed by atoms with Crippen LogP contribution in [0.15, 0.2) is 29.4 Å². The Hall–Kier alpha value is -2.01. The average molecular weight is 450 g/mol. The van der Waals surface area contributed by atoms with Crippen LogP contribution in [0.3, 0.4) is 0 Å². The summed E-state index contributed by atoms with van der Waals surface area (Å²) in [5, 5.41) is 6.43. The van der Waals surface area contributed by atoms with E-state index in [1.54, 1.807) is 4.90 Å². The van der Waals surface area contributed by atoms with Gasteiger partial charge < -0.3 is 9.64 Å². The van der Waals surface area contributed by atoms with Crippen LogP contribution in [0.2, 0.25) is 0 Å². The molecular formula is C21H31N5O4S. The van der Waals surface area contributed by atoms with Crippen LogP contribution < -0.4 is 5.01 Å². The molecule has 3 heterocycles. The number of piperazine rings is 1. The minimum Gasteiger partial charge on any atom is -0.373 e. The first-order chi connectivity index (χ1) is 14.7. The van der Waals surface area contributed by atoms with Crippen molar-refractivity contribution in [2.45, 2.75) is 39.4 Å². The highest BCUT2D eigenvalue weighted by Gasteiger charge is 2.37. The van der Waals surface area contributed by atoms with Crippen LogP contribution in [0.4, 0.5) is 5.69 Å².